The summed E-state index contributed by atoms with van der Waals surface area (Å²) in [5, 5.41) is 0. The van der Waals surface area contributed by atoms with Gasteiger partial charge in [-0.2, -0.15) is 0 Å². The van der Waals surface area contributed by atoms with E-state index >= 15 is 0 Å². The van der Waals surface area contributed by atoms with Gasteiger partial charge in [-0.05, 0) is 16.6 Å². The average molecular weight is 256 g/mol. The van der Waals surface area contributed by atoms with Gasteiger partial charge in [-0.25, -0.2) is 0 Å². The normalized spacial score (nSPS) is 17.2. The molecule has 0 N–H and O–H groups in total. The zero-order valence-electron chi connectivity index (χ0n) is 12.7. The second kappa shape index (κ2) is 4.76. The molecular weight excluding hydrogens is 232 g/mol. The van der Waals surface area contributed by atoms with Crippen LogP contribution in [0.25, 0.3) is 5.70 Å². The summed E-state index contributed by atoms with van der Waals surface area (Å²) in [6.07, 6.45) is 0. The molecule has 0 saturated carbocycles. The van der Waals surface area contributed by atoms with Crippen LogP contribution >= 0.6 is 0 Å². The topological polar surface area (TPSA) is 6.48 Å². The van der Waals surface area contributed by atoms with E-state index in [-0.39, 0.29) is 5.41 Å². The molecule has 2 nitrogen and oxygen atoms in total. The molecule has 0 aromatic heterocycles. The Morgan fingerprint density at radius 3 is 2.16 bits per heavy atom. The van der Waals surface area contributed by atoms with Crippen LogP contribution in [0.5, 0.6) is 0 Å². The van der Waals surface area contributed by atoms with Gasteiger partial charge < -0.3 is 9.80 Å². The Morgan fingerprint density at radius 1 is 1.05 bits per heavy atom. The van der Waals surface area contributed by atoms with Crippen molar-refractivity contribution in [3.8, 4) is 0 Å². The second-order valence-electron chi connectivity index (χ2n) is 6.27. The summed E-state index contributed by atoms with van der Waals surface area (Å²) in [6, 6.07) is 10.6. The summed E-state index contributed by atoms with van der Waals surface area (Å²) in [5.41, 5.74) is 4.17. The number of hydrogen-bond acceptors (Lipinski definition) is 2. The van der Waals surface area contributed by atoms with Crippen LogP contribution < -0.4 is 0 Å². The largest absolute Gasteiger partial charge is 0.357 e. The van der Waals surface area contributed by atoms with Crippen LogP contribution in [0, 0.1) is 5.41 Å². The maximum absolute atomic E-state index is 4.19. The van der Waals surface area contributed by atoms with Crippen molar-refractivity contribution in [3.05, 3.63) is 53.9 Å². The van der Waals surface area contributed by atoms with Crippen LogP contribution in [0.2, 0.25) is 0 Å². The molecule has 0 radical (unpaired) electrons. The zero-order chi connectivity index (χ0) is 14.2. The molecule has 0 bridgehead atoms. The highest BCUT2D eigenvalue weighted by Gasteiger charge is 2.30. The summed E-state index contributed by atoms with van der Waals surface area (Å²) in [4.78, 5) is 4.42. The summed E-state index contributed by atoms with van der Waals surface area (Å²) in [5.74, 6) is 1.05. The van der Waals surface area contributed by atoms with Crippen LogP contribution in [0.1, 0.15) is 26.3 Å². The molecule has 1 aliphatic heterocycles. The summed E-state index contributed by atoms with van der Waals surface area (Å²) >= 11 is 0. The third-order valence-electron chi connectivity index (χ3n) is 3.80. The Kier molecular flexibility index (Phi) is 3.44. The van der Waals surface area contributed by atoms with Gasteiger partial charge >= 0.3 is 0 Å². The molecule has 2 heteroatoms. The van der Waals surface area contributed by atoms with Gasteiger partial charge in [0.15, 0.2) is 0 Å². The maximum atomic E-state index is 4.19. The lowest BCUT2D eigenvalue weighted by atomic mass is 9.82. The molecule has 1 aliphatic rings. The molecule has 2 rings (SSSR count). The highest BCUT2D eigenvalue weighted by Crippen LogP contribution is 2.39. The molecule has 1 aromatic rings. The lowest BCUT2D eigenvalue weighted by Gasteiger charge is -2.43. The van der Waals surface area contributed by atoms with Crippen molar-refractivity contribution in [1.82, 2.24) is 9.80 Å². The third-order valence-corrected chi connectivity index (χ3v) is 3.80. The SMILES string of the molecule is C=C1N(C)CC(C(C)(C)C)=C(c2ccccc2)N1C. The minimum atomic E-state index is 0.147. The van der Waals surface area contributed by atoms with Gasteiger partial charge in [-0.3, -0.25) is 0 Å². The van der Waals surface area contributed by atoms with Crippen molar-refractivity contribution < 1.29 is 0 Å². The van der Waals surface area contributed by atoms with Crippen LogP contribution in [0.15, 0.2) is 48.3 Å². The fourth-order valence-electron chi connectivity index (χ4n) is 2.55. The Labute approximate surface area is 117 Å². The van der Waals surface area contributed by atoms with Crippen molar-refractivity contribution in [2.24, 2.45) is 5.41 Å². The first-order chi connectivity index (χ1) is 8.82. The first-order valence-electron chi connectivity index (χ1n) is 6.75. The lowest BCUT2D eigenvalue weighted by Crippen LogP contribution is -2.39. The van der Waals surface area contributed by atoms with E-state index in [4.69, 9.17) is 0 Å². The van der Waals surface area contributed by atoms with E-state index in [1.807, 2.05) is 0 Å². The summed E-state index contributed by atoms with van der Waals surface area (Å²) in [7, 11) is 4.21. The van der Waals surface area contributed by atoms with Crippen molar-refractivity contribution >= 4 is 5.70 Å². The second-order valence-corrected chi connectivity index (χ2v) is 6.27. The van der Waals surface area contributed by atoms with Crippen molar-refractivity contribution in [2.45, 2.75) is 20.8 Å². The molecule has 1 heterocycles. The Hall–Kier alpha value is -1.70. The number of nitrogens with zero attached hydrogens (tertiary/aromatic N) is 2. The quantitative estimate of drug-likeness (QED) is 0.754. The molecule has 0 atom stereocenters. The standard InChI is InChI=1S/C17H24N2/c1-13-18(5)12-15(17(2,3)4)16(19(13)6)14-10-8-7-9-11-14/h7-11H,1,12H2,2-6H3. The van der Waals surface area contributed by atoms with Crippen LogP contribution in [0.4, 0.5) is 0 Å². The summed E-state index contributed by atoms with van der Waals surface area (Å²) in [6.45, 7) is 12.0. The maximum Gasteiger partial charge on any atom is 0.101 e. The first-order valence-corrected chi connectivity index (χ1v) is 6.75. The van der Waals surface area contributed by atoms with Gasteiger partial charge in [0.2, 0.25) is 0 Å². The fourth-order valence-corrected chi connectivity index (χ4v) is 2.55. The smallest absolute Gasteiger partial charge is 0.101 e. The van der Waals surface area contributed by atoms with E-state index in [0.29, 0.717) is 0 Å². The minimum absolute atomic E-state index is 0.147. The van der Waals surface area contributed by atoms with E-state index in [1.54, 1.807) is 0 Å². The molecular formula is C17H24N2. The predicted molar refractivity (Wildman–Crippen MR) is 82.4 cm³/mol. The van der Waals surface area contributed by atoms with Crippen LogP contribution in [-0.2, 0) is 0 Å². The third kappa shape index (κ3) is 2.53. The molecule has 0 spiro atoms. The van der Waals surface area contributed by atoms with Gasteiger partial charge in [0.25, 0.3) is 0 Å². The Balaban J connectivity index is 2.63. The molecule has 0 amide bonds. The molecule has 102 valence electrons. The van der Waals surface area contributed by atoms with Crippen LogP contribution in [-0.4, -0.2) is 30.4 Å². The van der Waals surface area contributed by atoms with Gasteiger partial charge in [0, 0.05) is 20.6 Å². The van der Waals surface area contributed by atoms with E-state index in [2.05, 4.69) is 81.6 Å². The van der Waals surface area contributed by atoms with Crippen molar-refractivity contribution in [3.63, 3.8) is 0 Å². The molecule has 0 aliphatic carbocycles. The molecule has 19 heavy (non-hydrogen) atoms. The molecule has 1 aromatic carbocycles. The average Bonchev–Trinajstić information content (AvgIpc) is 2.35. The number of rotatable bonds is 1. The van der Waals surface area contributed by atoms with E-state index in [0.717, 1.165) is 12.4 Å². The molecule has 0 unspecified atom stereocenters. The highest BCUT2D eigenvalue weighted by molar-refractivity contribution is 5.70. The van der Waals surface area contributed by atoms with Crippen LogP contribution in [0.3, 0.4) is 0 Å². The molecule has 0 fully saturated rings. The Bertz CT molecular complexity index is 506. The summed E-state index contributed by atoms with van der Waals surface area (Å²) < 4.78 is 0. The van der Waals surface area contributed by atoms with Gasteiger partial charge in [0.1, 0.15) is 5.82 Å². The van der Waals surface area contributed by atoms with Gasteiger partial charge in [0.05, 0.1) is 5.70 Å². The number of hydrogen-bond donors (Lipinski definition) is 0. The molecule has 0 saturated heterocycles. The number of benzene rings is 1. The number of likely N-dealkylation sites (N-methyl/N-ethyl adjacent to an activating group) is 1. The Morgan fingerprint density at radius 2 is 1.63 bits per heavy atom. The van der Waals surface area contributed by atoms with E-state index < -0.39 is 0 Å². The first kappa shape index (κ1) is 13.7. The van der Waals surface area contributed by atoms with Gasteiger partial charge in [-0.1, -0.05) is 57.7 Å². The van der Waals surface area contributed by atoms with E-state index in [9.17, 15) is 0 Å². The van der Waals surface area contributed by atoms with Crippen molar-refractivity contribution in [1.29, 1.82) is 0 Å². The fraction of sp³-hybridized carbons (Fsp3) is 0.412. The van der Waals surface area contributed by atoms with E-state index in [1.165, 1.54) is 16.8 Å². The predicted octanol–water partition coefficient (Wildman–Crippen LogP) is 3.79. The zero-order valence-corrected chi connectivity index (χ0v) is 12.7. The lowest BCUT2D eigenvalue weighted by molar-refractivity contribution is 0.295. The highest BCUT2D eigenvalue weighted by atomic mass is 15.3. The van der Waals surface area contributed by atoms with Gasteiger partial charge in [-0.15, -0.1) is 0 Å². The van der Waals surface area contributed by atoms with Crippen molar-refractivity contribution in [2.75, 3.05) is 20.6 Å². The minimum Gasteiger partial charge on any atom is -0.357 e. The monoisotopic (exact) mass is 256 g/mol.